The van der Waals surface area contributed by atoms with Crippen LogP contribution in [0, 0.1) is 0 Å². The number of ketones is 1. The summed E-state index contributed by atoms with van der Waals surface area (Å²) in [6.45, 7) is 11.1. The van der Waals surface area contributed by atoms with E-state index in [0.717, 1.165) is 60.5 Å². The molecule has 4 aromatic carbocycles. The first-order valence-electron chi connectivity index (χ1n) is 21.0. The molecule has 0 atom stereocenters. The molecule has 0 spiro atoms. The fourth-order valence-corrected chi connectivity index (χ4v) is 6.29. The second-order valence-electron chi connectivity index (χ2n) is 14.6. The topological polar surface area (TPSA) is 94.6 Å². The normalized spacial score (nSPS) is 11.2. The molecule has 59 heavy (non-hydrogen) atoms. The van der Waals surface area contributed by atoms with E-state index in [4.69, 9.17) is 18.9 Å². The Morgan fingerprint density at radius 1 is 0.593 bits per heavy atom. The molecule has 9 nitrogen and oxygen atoms in total. The third-order valence-electron chi connectivity index (χ3n) is 9.90. The van der Waals surface area contributed by atoms with Crippen molar-refractivity contribution < 1.29 is 33.3 Å². The number of Topliss-reactive ketones (excluding diaryl/α,β-unsaturated/α-hetero) is 1. The Hall–Kier alpha value is -5.83. The molecule has 0 N–H and O–H groups in total. The Bertz CT molecular complexity index is 1960. The van der Waals surface area contributed by atoms with E-state index in [2.05, 4.69) is 98.3 Å². The van der Waals surface area contributed by atoms with Crippen molar-refractivity contribution in [3.63, 3.8) is 0 Å². The third kappa shape index (κ3) is 15.1. The lowest BCUT2D eigenvalue weighted by atomic mass is 10.0. The second-order valence-corrected chi connectivity index (χ2v) is 14.6. The zero-order valence-electron chi connectivity index (χ0n) is 35.8. The first kappa shape index (κ1) is 45.9. The van der Waals surface area contributed by atoms with Crippen LogP contribution in [0.2, 0.25) is 0 Å². The van der Waals surface area contributed by atoms with Gasteiger partial charge < -0.3 is 28.7 Å². The predicted molar refractivity (Wildman–Crippen MR) is 242 cm³/mol. The second kappa shape index (κ2) is 24.8. The van der Waals surface area contributed by atoms with Crippen LogP contribution in [-0.2, 0) is 14.3 Å². The number of carbonyl (C=O) groups excluding carboxylic acids is 3. The highest BCUT2D eigenvalue weighted by Crippen LogP contribution is 2.32. The SMILES string of the molecule is CCCCN(C)c1ccc(/C=C/c2cc(OCCCOC(=O)c3ccc(C(=O)COC(C)=O)cc3)c(/C=C/c3ccc(N(CCCC)CCCC)cc3)cc2OC)cc1. The van der Waals surface area contributed by atoms with Crippen molar-refractivity contribution in [2.24, 2.45) is 0 Å². The van der Waals surface area contributed by atoms with Gasteiger partial charge in [0.25, 0.3) is 0 Å². The molecule has 0 saturated carbocycles. The third-order valence-corrected chi connectivity index (χ3v) is 9.90. The monoisotopic (exact) mass is 802 g/mol. The number of anilines is 2. The van der Waals surface area contributed by atoms with Crippen LogP contribution < -0.4 is 19.3 Å². The van der Waals surface area contributed by atoms with Gasteiger partial charge in [-0.05, 0) is 78.9 Å². The molecule has 0 bridgehead atoms. The largest absolute Gasteiger partial charge is 0.496 e. The lowest BCUT2D eigenvalue weighted by Gasteiger charge is -2.24. The summed E-state index contributed by atoms with van der Waals surface area (Å²) >= 11 is 0. The molecule has 0 aliphatic rings. The quantitative estimate of drug-likeness (QED) is 0.0281. The van der Waals surface area contributed by atoms with E-state index in [-0.39, 0.29) is 19.0 Å². The average molecular weight is 803 g/mol. The van der Waals surface area contributed by atoms with Crippen LogP contribution in [0.25, 0.3) is 24.3 Å². The highest BCUT2D eigenvalue weighted by molar-refractivity contribution is 5.99. The number of hydrogen-bond acceptors (Lipinski definition) is 9. The summed E-state index contributed by atoms with van der Waals surface area (Å²) in [5.41, 5.74) is 6.96. The molecule has 4 aromatic rings. The maximum absolute atomic E-state index is 12.7. The van der Waals surface area contributed by atoms with Gasteiger partial charge >= 0.3 is 11.9 Å². The maximum Gasteiger partial charge on any atom is 0.338 e. The molecule has 0 aromatic heterocycles. The molecule has 0 fully saturated rings. The van der Waals surface area contributed by atoms with E-state index in [1.165, 1.54) is 68.2 Å². The van der Waals surface area contributed by atoms with Crippen LogP contribution in [0.1, 0.15) is 116 Å². The highest BCUT2D eigenvalue weighted by atomic mass is 16.5. The van der Waals surface area contributed by atoms with E-state index in [1.807, 2.05) is 24.3 Å². The van der Waals surface area contributed by atoms with Crippen LogP contribution in [0.5, 0.6) is 11.5 Å². The summed E-state index contributed by atoms with van der Waals surface area (Å²) in [7, 11) is 3.80. The smallest absolute Gasteiger partial charge is 0.338 e. The lowest BCUT2D eigenvalue weighted by Crippen LogP contribution is -2.25. The minimum absolute atomic E-state index is 0.142. The molecular formula is C50H62N2O7. The minimum atomic E-state index is -0.532. The summed E-state index contributed by atoms with van der Waals surface area (Å²) in [5, 5.41) is 0. The molecule has 0 aliphatic heterocycles. The minimum Gasteiger partial charge on any atom is -0.496 e. The first-order valence-corrected chi connectivity index (χ1v) is 21.0. The molecule has 0 amide bonds. The van der Waals surface area contributed by atoms with Crippen molar-refractivity contribution in [1.82, 2.24) is 0 Å². The first-order chi connectivity index (χ1) is 28.6. The molecule has 0 radical (unpaired) electrons. The number of nitrogens with zero attached hydrogens (tertiary/aromatic N) is 2. The number of ether oxygens (including phenoxy) is 4. The summed E-state index contributed by atoms with van der Waals surface area (Å²) < 4.78 is 22.5. The Morgan fingerprint density at radius 2 is 1.12 bits per heavy atom. The number of benzene rings is 4. The molecule has 9 heteroatoms. The Morgan fingerprint density at radius 3 is 1.68 bits per heavy atom. The number of unbranched alkanes of at least 4 members (excludes halogenated alkanes) is 3. The van der Waals surface area contributed by atoms with Crippen molar-refractivity contribution in [2.75, 3.05) is 63.4 Å². The molecule has 0 saturated heterocycles. The standard InChI is InChI=1S/C50H62N2O7/c1-7-10-30-51(5)45-26-16-39(17-27-45)14-20-43-36-49(57-33-13-34-58-50(55)42-24-22-41(23-25-42)47(54)37-59-38(4)53)44(35-48(43)56-6)21-15-40-18-28-46(29-19-40)52(31-11-8-2)32-12-9-3/h14-29,35-36H,7-13,30-34,37H2,1-6H3/b20-14+,21-15+. The van der Waals surface area contributed by atoms with Crippen LogP contribution in [0.3, 0.4) is 0 Å². The van der Waals surface area contributed by atoms with Crippen molar-refractivity contribution >= 4 is 53.4 Å². The van der Waals surface area contributed by atoms with Crippen LogP contribution in [-0.4, -0.2) is 71.3 Å². The van der Waals surface area contributed by atoms with Gasteiger partial charge in [-0.1, -0.05) is 101 Å². The van der Waals surface area contributed by atoms with Gasteiger partial charge in [0.1, 0.15) is 11.5 Å². The van der Waals surface area contributed by atoms with Gasteiger partial charge in [0.2, 0.25) is 0 Å². The average Bonchev–Trinajstić information content (AvgIpc) is 3.26. The number of carbonyl (C=O) groups is 3. The fraction of sp³-hybridized carbons (Fsp3) is 0.380. The maximum atomic E-state index is 12.7. The number of methoxy groups -OCH3 is 1. The highest BCUT2D eigenvalue weighted by Gasteiger charge is 2.13. The summed E-state index contributed by atoms with van der Waals surface area (Å²) in [6, 6.07) is 27.3. The lowest BCUT2D eigenvalue weighted by molar-refractivity contribution is -0.139. The Kier molecular flexibility index (Phi) is 19.3. The van der Waals surface area contributed by atoms with Gasteiger partial charge in [-0.2, -0.15) is 0 Å². The van der Waals surface area contributed by atoms with E-state index >= 15 is 0 Å². The van der Waals surface area contributed by atoms with E-state index in [1.54, 1.807) is 7.11 Å². The summed E-state index contributed by atoms with van der Waals surface area (Å²) in [6.07, 6.45) is 15.7. The van der Waals surface area contributed by atoms with E-state index in [9.17, 15) is 14.4 Å². The number of hydrogen-bond donors (Lipinski definition) is 0. The van der Waals surface area contributed by atoms with Crippen molar-refractivity contribution in [1.29, 1.82) is 0 Å². The van der Waals surface area contributed by atoms with E-state index in [0.29, 0.717) is 29.9 Å². The molecule has 0 heterocycles. The van der Waals surface area contributed by atoms with Gasteiger partial charge in [-0.3, -0.25) is 9.59 Å². The molecule has 0 aliphatic carbocycles. The fourth-order valence-electron chi connectivity index (χ4n) is 6.29. The van der Waals surface area contributed by atoms with Crippen LogP contribution in [0.15, 0.2) is 84.9 Å². The van der Waals surface area contributed by atoms with Gasteiger partial charge in [-0.25, -0.2) is 4.79 Å². The van der Waals surface area contributed by atoms with E-state index < -0.39 is 11.9 Å². The van der Waals surface area contributed by atoms with Gasteiger partial charge in [-0.15, -0.1) is 0 Å². The van der Waals surface area contributed by atoms with Gasteiger partial charge in [0.15, 0.2) is 12.4 Å². The Labute approximate surface area is 351 Å². The molecule has 4 rings (SSSR count). The van der Waals surface area contributed by atoms with Gasteiger partial charge in [0.05, 0.1) is 25.9 Å². The van der Waals surface area contributed by atoms with Crippen molar-refractivity contribution in [3.8, 4) is 11.5 Å². The summed E-state index contributed by atoms with van der Waals surface area (Å²) in [4.78, 5) is 40.7. The van der Waals surface area contributed by atoms with Crippen LogP contribution >= 0.6 is 0 Å². The zero-order valence-corrected chi connectivity index (χ0v) is 35.8. The molecule has 314 valence electrons. The van der Waals surface area contributed by atoms with Crippen LogP contribution in [0.4, 0.5) is 11.4 Å². The predicted octanol–water partition coefficient (Wildman–Crippen LogP) is 11.1. The van der Waals surface area contributed by atoms with Gasteiger partial charge in [0, 0.05) is 68.1 Å². The number of rotatable bonds is 25. The van der Waals surface area contributed by atoms with Crippen molar-refractivity contribution in [2.45, 2.75) is 72.6 Å². The Balaban J connectivity index is 1.49. The molecular weight excluding hydrogens is 741 g/mol. The summed E-state index contributed by atoms with van der Waals surface area (Å²) in [5.74, 6) is 0.00519. The van der Waals surface area contributed by atoms with Crippen molar-refractivity contribution in [3.05, 3.63) is 118 Å². The number of esters is 2. The zero-order chi connectivity index (χ0) is 42.4. The molecule has 0 unspecified atom stereocenters.